The Balaban J connectivity index is 1.73. The summed E-state index contributed by atoms with van der Waals surface area (Å²) in [6.07, 6.45) is 3.56. The molecule has 0 bridgehead atoms. The lowest BCUT2D eigenvalue weighted by Crippen LogP contribution is -2.30. The molecule has 2 N–H and O–H groups in total. The molecule has 0 spiro atoms. The van der Waals surface area contributed by atoms with Gasteiger partial charge in [0.1, 0.15) is 0 Å². The molecule has 2 aromatic rings. The molecule has 1 aliphatic heterocycles. The lowest BCUT2D eigenvalue weighted by atomic mass is 10.1. The number of benzene rings is 2. The fourth-order valence-corrected chi connectivity index (χ4v) is 3.39. The van der Waals surface area contributed by atoms with Crippen molar-refractivity contribution in [2.24, 2.45) is 0 Å². The third-order valence-corrected chi connectivity index (χ3v) is 4.90. The molecule has 5 nitrogen and oxygen atoms in total. The third kappa shape index (κ3) is 5.23. The second-order valence-electron chi connectivity index (χ2n) is 6.77. The first-order chi connectivity index (χ1) is 13.0. The molecule has 3 rings (SSSR count). The SMILES string of the molecule is CC(=O)NCc1ccc(C(=O)Nc2cc(Cl)ccc2N2CCCCC2)cc1. The van der Waals surface area contributed by atoms with Crippen molar-refractivity contribution in [2.45, 2.75) is 32.7 Å². The molecular weight excluding hydrogens is 362 g/mol. The molecule has 2 aromatic carbocycles. The number of carbonyl (C=O) groups excluding carboxylic acids is 2. The highest BCUT2D eigenvalue weighted by molar-refractivity contribution is 6.31. The van der Waals surface area contributed by atoms with E-state index in [0.717, 1.165) is 42.9 Å². The summed E-state index contributed by atoms with van der Waals surface area (Å²) >= 11 is 6.16. The first kappa shape index (κ1) is 19.2. The number of amides is 2. The average molecular weight is 386 g/mol. The lowest BCUT2D eigenvalue weighted by molar-refractivity contribution is -0.119. The van der Waals surface area contributed by atoms with Crippen LogP contribution in [-0.4, -0.2) is 24.9 Å². The Morgan fingerprint density at radius 2 is 1.74 bits per heavy atom. The molecule has 0 unspecified atom stereocenters. The number of piperidine rings is 1. The largest absolute Gasteiger partial charge is 0.370 e. The monoisotopic (exact) mass is 385 g/mol. The molecule has 1 fully saturated rings. The van der Waals surface area contributed by atoms with Crippen LogP contribution in [0.3, 0.4) is 0 Å². The van der Waals surface area contributed by atoms with Crippen LogP contribution in [0.4, 0.5) is 11.4 Å². The molecule has 2 amide bonds. The van der Waals surface area contributed by atoms with E-state index in [1.807, 2.05) is 24.3 Å². The Kier molecular flexibility index (Phi) is 6.35. The van der Waals surface area contributed by atoms with Crippen molar-refractivity contribution < 1.29 is 9.59 Å². The number of rotatable bonds is 5. The zero-order valence-corrected chi connectivity index (χ0v) is 16.2. The maximum Gasteiger partial charge on any atom is 0.255 e. The van der Waals surface area contributed by atoms with Gasteiger partial charge < -0.3 is 15.5 Å². The van der Waals surface area contributed by atoms with Crippen LogP contribution in [0.25, 0.3) is 0 Å². The van der Waals surface area contributed by atoms with E-state index in [-0.39, 0.29) is 11.8 Å². The van der Waals surface area contributed by atoms with Gasteiger partial charge in [-0.1, -0.05) is 23.7 Å². The minimum Gasteiger partial charge on any atom is -0.370 e. The van der Waals surface area contributed by atoms with Gasteiger partial charge in [0, 0.05) is 37.1 Å². The van der Waals surface area contributed by atoms with E-state index < -0.39 is 0 Å². The summed E-state index contributed by atoms with van der Waals surface area (Å²) in [4.78, 5) is 26.0. The first-order valence-electron chi connectivity index (χ1n) is 9.22. The van der Waals surface area contributed by atoms with Gasteiger partial charge in [-0.15, -0.1) is 0 Å². The summed E-state index contributed by atoms with van der Waals surface area (Å²) in [6.45, 7) is 3.90. The van der Waals surface area contributed by atoms with E-state index in [4.69, 9.17) is 11.6 Å². The van der Waals surface area contributed by atoms with Crippen molar-refractivity contribution in [3.8, 4) is 0 Å². The number of halogens is 1. The summed E-state index contributed by atoms with van der Waals surface area (Å²) < 4.78 is 0. The average Bonchev–Trinajstić information content (AvgIpc) is 2.67. The van der Waals surface area contributed by atoms with Gasteiger partial charge in [-0.05, 0) is 55.2 Å². The van der Waals surface area contributed by atoms with E-state index >= 15 is 0 Å². The highest BCUT2D eigenvalue weighted by Gasteiger charge is 2.17. The summed E-state index contributed by atoms with van der Waals surface area (Å²) in [7, 11) is 0. The van der Waals surface area contributed by atoms with Gasteiger partial charge in [0.25, 0.3) is 5.91 Å². The van der Waals surface area contributed by atoms with Crippen LogP contribution < -0.4 is 15.5 Å². The van der Waals surface area contributed by atoms with Crippen molar-refractivity contribution in [3.63, 3.8) is 0 Å². The second kappa shape index (κ2) is 8.91. The van der Waals surface area contributed by atoms with Crippen LogP contribution in [0.5, 0.6) is 0 Å². The van der Waals surface area contributed by atoms with E-state index in [1.165, 1.54) is 13.3 Å². The standard InChI is InChI=1S/C21H24ClN3O2/c1-15(26)23-14-16-5-7-17(8-6-16)21(27)24-19-13-18(22)9-10-20(19)25-11-3-2-4-12-25/h5-10,13H,2-4,11-12,14H2,1H3,(H,23,26)(H,24,27). The molecule has 142 valence electrons. The Morgan fingerprint density at radius 3 is 2.41 bits per heavy atom. The summed E-state index contributed by atoms with van der Waals surface area (Å²) in [5.74, 6) is -0.260. The highest BCUT2D eigenvalue weighted by atomic mass is 35.5. The molecular formula is C21H24ClN3O2. The number of carbonyl (C=O) groups is 2. The van der Waals surface area contributed by atoms with Crippen LogP contribution in [0.1, 0.15) is 42.1 Å². The van der Waals surface area contributed by atoms with Crippen LogP contribution in [0, 0.1) is 0 Å². The maximum atomic E-state index is 12.7. The Bertz CT molecular complexity index is 815. The van der Waals surface area contributed by atoms with Gasteiger partial charge in [0.05, 0.1) is 11.4 Å². The van der Waals surface area contributed by atoms with Crippen LogP contribution in [0.15, 0.2) is 42.5 Å². The van der Waals surface area contributed by atoms with E-state index in [9.17, 15) is 9.59 Å². The molecule has 27 heavy (non-hydrogen) atoms. The topological polar surface area (TPSA) is 61.4 Å². The van der Waals surface area contributed by atoms with E-state index in [0.29, 0.717) is 17.1 Å². The molecule has 0 atom stereocenters. The van der Waals surface area contributed by atoms with Gasteiger partial charge in [-0.3, -0.25) is 9.59 Å². The molecule has 0 saturated carbocycles. The van der Waals surface area contributed by atoms with Crippen molar-refractivity contribution in [3.05, 3.63) is 58.6 Å². The fourth-order valence-electron chi connectivity index (χ4n) is 3.21. The molecule has 6 heteroatoms. The fraction of sp³-hybridized carbons (Fsp3) is 0.333. The van der Waals surface area contributed by atoms with Gasteiger partial charge in [-0.25, -0.2) is 0 Å². The minimum absolute atomic E-state index is 0.0805. The predicted molar refractivity (Wildman–Crippen MR) is 109 cm³/mol. The van der Waals surface area contributed by atoms with Crippen molar-refractivity contribution in [2.75, 3.05) is 23.3 Å². The quantitative estimate of drug-likeness (QED) is 0.810. The normalized spacial score (nSPS) is 13.9. The Morgan fingerprint density at radius 1 is 1.04 bits per heavy atom. The van der Waals surface area contributed by atoms with Crippen molar-refractivity contribution in [1.82, 2.24) is 5.32 Å². The van der Waals surface area contributed by atoms with Crippen LogP contribution in [0.2, 0.25) is 5.02 Å². The van der Waals surface area contributed by atoms with Crippen LogP contribution in [-0.2, 0) is 11.3 Å². The van der Waals surface area contributed by atoms with E-state index in [2.05, 4.69) is 15.5 Å². The zero-order chi connectivity index (χ0) is 19.2. The number of nitrogens with zero attached hydrogens (tertiary/aromatic N) is 1. The van der Waals surface area contributed by atoms with E-state index in [1.54, 1.807) is 18.2 Å². The molecule has 1 heterocycles. The highest BCUT2D eigenvalue weighted by Crippen LogP contribution is 2.31. The van der Waals surface area contributed by atoms with Crippen molar-refractivity contribution in [1.29, 1.82) is 0 Å². The molecule has 0 aliphatic carbocycles. The number of anilines is 2. The smallest absolute Gasteiger partial charge is 0.255 e. The van der Waals surface area contributed by atoms with Gasteiger partial charge in [0.15, 0.2) is 0 Å². The zero-order valence-electron chi connectivity index (χ0n) is 15.4. The minimum atomic E-state index is -0.179. The van der Waals surface area contributed by atoms with Gasteiger partial charge in [0.2, 0.25) is 5.91 Å². The molecule has 1 aliphatic rings. The number of hydrogen-bond donors (Lipinski definition) is 2. The summed E-state index contributed by atoms with van der Waals surface area (Å²) in [5.41, 5.74) is 3.25. The molecule has 0 aromatic heterocycles. The second-order valence-corrected chi connectivity index (χ2v) is 7.21. The third-order valence-electron chi connectivity index (χ3n) is 4.66. The van der Waals surface area contributed by atoms with Gasteiger partial charge in [-0.2, -0.15) is 0 Å². The first-order valence-corrected chi connectivity index (χ1v) is 9.60. The van der Waals surface area contributed by atoms with Gasteiger partial charge >= 0.3 is 0 Å². The Labute approximate surface area is 164 Å². The maximum absolute atomic E-state index is 12.7. The number of nitrogens with one attached hydrogen (secondary N) is 2. The summed E-state index contributed by atoms with van der Waals surface area (Å²) in [5, 5.41) is 6.33. The molecule has 0 radical (unpaired) electrons. The number of hydrogen-bond acceptors (Lipinski definition) is 3. The predicted octanol–water partition coefficient (Wildman–Crippen LogP) is 4.22. The van der Waals surface area contributed by atoms with Crippen LogP contribution >= 0.6 is 11.6 Å². The Hall–Kier alpha value is -2.53. The van der Waals surface area contributed by atoms with Crippen molar-refractivity contribution >= 4 is 34.8 Å². The summed E-state index contributed by atoms with van der Waals surface area (Å²) in [6, 6.07) is 12.8. The molecule has 1 saturated heterocycles. The lowest BCUT2D eigenvalue weighted by Gasteiger charge is -2.30.